The molecule has 1 atom stereocenters. The molecule has 1 aliphatic rings. The Balaban J connectivity index is 1.40. The molecule has 0 radical (unpaired) electrons. The Kier molecular flexibility index (Phi) is 5.78. The van der Waals surface area contributed by atoms with Crippen molar-refractivity contribution < 1.29 is 4.79 Å². The smallest absolute Gasteiger partial charge is 0.252 e. The van der Waals surface area contributed by atoms with Crippen LogP contribution < -0.4 is 5.32 Å². The van der Waals surface area contributed by atoms with Gasteiger partial charge in [0.15, 0.2) is 0 Å². The van der Waals surface area contributed by atoms with Crippen molar-refractivity contribution in [2.75, 3.05) is 6.54 Å². The lowest BCUT2D eigenvalue weighted by Crippen LogP contribution is -2.32. The second kappa shape index (κ2) is 8.47. The number of nitrogens with one attached hydrogen (secondary N) is 2. The Bertz CT molecular complexity index is 991. The van der Waals surface area contributed by atoms with Crippen LogP contribution >= 0.6 is 11.3 Å². The number of aryl methyl sites for hydroxylation is 2. The zero-order chi connectivity index (χ0) is 20.4. The van der Waals surface area contributed by atoms with Crippen molar-refractivity contribution in [3.8, 4) is 0 Å². The summed E-state index contributed by atoms with van der Waals surface area (Å²) in [5.74, 6) is 0.766. The maximum Gasteiger partial charge on any atom is 0.252 e. The number of carbonyl (C=O) groups is 1. The number of H-pyrrole nitrogens is 1. The van der Waals surface area contributed by atoms with E-state index >= 15 is 0 Å². The minimum absolute atomic E-state index is 0.0191. The topological polar surface area (TPSA) is 73.9 Å². The fourth-order valence-electron chi connectivity index (χ4n) is 3.69. The zero-order valence-electron chi connectivity index (χ0n) is 17.2. The standard InChI is InChI=1S/C22H27N5OS/c1-4-16-5-6-17(23-10-16)11-27-8-7-18-19(13-29-20(18)12-27)22(28)26-15(3)21-24-9-14(2)25-21/h5-6,9-10,13,15H,4,7-8,11-12H2,1-3H3,(H,24,25)(H,26,28)/t15-/m1/s1. The third-order valence-corrected chi connectivity index (χ3v) is 6.44. The predicted octanol–water partition coefficient (Wildman–Crippen LogP) is 3.79. The number of aromatic amines is 1. The molecule has 152 valence electrons. The highest BCUT2D eigenvalue weighted by Gasteiger charge is 2.25. The Morgan fingerprint density at radius 3 is 2.90 bits per heavy atom. The molecule has 1 aliphatic heterocycles. The van der Waals surface area contributed by atoms with E-state index in [0.29, 0.717) is 0 Å². The summed E-state index contributed by atoms with van der Waals surface area (Å²) in [4.78, 5) is 28.6. The van der Waals surface area contributed by atoms with Gasteiger partial charge in [-0.2, -0.15) is 0 Å². The summed E-state index contributed by atoms with van der Waals surface area (Å²) in [5.41, 5.74) is 5.37. The Hall–Kier alpha value is -2.51. The average molecular weight is 410 g/mol. The second-order valence-electron chi connectivity index (χ2n) is 7.67. The number of thiophene rings is 1. The van der Waals surface area contributed by atoms with Gasteiger partial charge in [0.1, 0.15) is 5.82 Å². The van der Waals surface area contributed by atoms with E-state index in [1.165, 1.54) is 16.0 Å². The van der Waals surface area contributed by atoms with Crippen LogP contribution in [0.2, 0.25) is 0 Å². The zero-order valence-corrected chi connectivity index (χ0v) is 18.0. The molecular formula is C22H27N5OS. The monoisotopic (exact) mass is 409 g/mol. The number of nitrogens with zero attached hydrogens (tertiary/aromatic N) is 3. The summed E-state index contributed by atoms with van der Waals surface area (Å²) in [6, 6.07) is 4.14. The van der Waals surface area contributed by atoms with E-state index in [-0.39, 0.29) is 11.9 Å². The van der Waals surface area contributed by atoms with Crippen LogP contribution in [0.15, 0.2) is 29.9 Å². The highest BCUT2D eigenvalue weighted by atomic mass is 32.1. The van der Waals surface area contributed by atoms with Crippen LogP contribution in [-0.2, 0) is 25.9 Å². The molecule has 0 aromatic carbocycles. The van der Waals surface area contributed by atoms with Crippen LogP contribution in [-0.4, -0.2) is 32.3 Å². The van der Waals surface area contributed by atoms with Gasteiger partial charge in [0, 0.05) is 48.0 Å². The number of fused-ring (bicyclic) bond motifs is 1. The molecule has 0 aliphatic carbocycles. The molecule has 1 amide bonds. The summed E-state index contributed by atoms with van der Waals surface area (Å²) in [7, 11) is 0. The van der Waals surface area contributed by atoms with Crippen molar-refractivity contribution in [2.45, 2.75) is 52.7 Å². The largest absolute Gasteiger partial charge is 0.344 e. The molecule has 3 aromatic rings. The predicted molar refractivity (Wildman–Crippen MR) is 115 cm³/mol. The lowest BCUT2D eigenvalue weighted by molar-refractivity contribution is 0.0937. The number of pyridine rings is 1. The number of rotatable bonds is 6. The minimum atomic E-state index is -0.149. The lowest BCUT2D eigenvalue weighted by Gasteiger charge is -2.27. The van der Waals surface area contributed by atoms with Crippen molar-refractivity contribution >= 4 is 17.2 Å². The molecule has 6 nitrogen and oxygen atoms in total. The van der Waals surface area contributed by atoms with E-state index in [1.807, 2.05) is 25.4 Å². The fourth-order valence-corrected chi connectivity index (χ4v) is 4.81. The maximum absolute atomic E-state index is 12.8. The third kappa shape index (κ3) is 4.41. The van der Waals surface area contributed by atoms with Crippen molar-refractivity contribution in [2.24, 2.45) is 0 Å². The summed E-state index contributed by atoms with van der Waals surface area (Å²) in [5, 5.41) is 5.07. The van der Waals surface area contributed by atoms with Gasteiger partial charge in [0.2, 0.25) is 0 Å². The van der Waals surface area contributed by atoms with Crippen molar-refractivity contribution in [3.63, 3.8) is 0 Å². The number of aromatic nitrogens is 3. The molecule has 0 saturated carbocycles. The molecular weight excluding hydrogens is 382 g/mol. The molecule has 2 N–H and O–H groups in total. The molecule has 29 heavy (non-hydrogen) atoms. The van der Waals surface area contributed by atoms with Gasteiger partial charge in [-0.15, -0.1) is 11.3 Å². The van der Waals surface area contributed by atoms with Crippen LogP contribution in [0.5, 0.6) is 0 Å². The second-order valence-corrected chi connectivity index (χ2v) is 8.63. The van der Waals surface area contributed by atoms with Gasteiger partial charge in [-0.25, -0.2) is 4.98 Å². The summed E-state index contributed by atoms with van der Waals surface area (Å²) in [6.45, 7) is 8.71. The third-order valence-electron chi connectivity index (χ3n) is 5.43. The molecule has 3 aromatic heterocycles. The first-order chi connectivity index (χ1) is 14.0. The van der Waals surface area contributed by atoms with Crippen molar-refractivity contribution in [1.82, 2.24) is 25.2 Å². The Morgan fingerprint density at radius 1 is 1.34 bits per heavy atom. The van der Waals surface area contributed by atoms with Crippen molar-refractivity contribution in [3.05, 3.63) is 68.7 Å². The molecule has 0 fully saturated rings. The SMILES string of the molecule is CCc1ccc(CN2CCc3c(C(=O)N[C@H](C)c4ncc(C)[nH]4)csc3C2)nc1. The number of carbonyl (C=O) groups excluding carboxylic acids is 1. The molecule has 0 unspecified atom stereocenters. The fraction of sp³-hybridized carbons (Fsp3) is 0.409. The molecule has 4 heterocycles. The van der Waals surface area contributed by atoms with Gasteiger partial charge >= 0.3 is 0 Å². The maximum atomic E-state index is 12.8. The highest BCUT2D eigenvalue weighted by Crippen LogP contribution is 2.29. The quantitative estimate of drug-likeness (QED) is 0.650. The normalized spacial score (nSPS) is 15.1. The molecule has 7 heteroatoms. The van der Waals surface area contributed by atoms with Gasteiger partial charge in [-0.3, -0.25) is 14.7 Å². The van der Waals surface area contributed by atoms with E-state index in [4.69, 9.17) is 0 Å². The first kappa shape index (κ1) is 19.8. The molecule has 0 bridgehead atoms. The van der Waals surface area contributed by atoms with Gasteiger partial charge < -0.3 is 10.3 Å². The lowest BCUT2D eigenvalue weighted by atomic mass is 10.0. The molecule has 0 spiro atoms. The Morgan fingerprint density at radius 2 is 2.21 bits per heavy atom. The van der Waals surface area contributed by atoms with Crippen LogP contribution in [0.1, 0.15) is 63.5 Å². The number of hydrogen-bond acceptors (Lipinski definition) is 5. The minimum Gasteiger partial charge on any atom is -0.344 e. The highest BCUT2D eigenvalue weighted by molar-refractivity contribution is 7.10. The van der Waals surface area contributed by atoms with Gasteiger partial charge in [0.25, 0.3) is 5.91 Å². The number of hydrogen-bond donors (Lipinski definition) is 2. The van der Waals surface area contributed by atoms with Crippen LogP contribution in [0.4, 0.5) is 0 Å². The molecule has 0 saturated heterocycles. The van der Waals surface area contributed by atoms with E-state index in [0.717, 1.165) is 55.3 Å². The first-order valence-electron chi connectivity index (χ1n) is 10.1. The number of amides is 1. The first-order valence-corrected chi connectivity index (χ1v) is 11.0. The van der Waals surface area contributed by atoms with Gasteiger partial charge in [0.05, 0.1) is 17.3 Å². The summed E-state index contributed by atoms with van der Waals surface area (Å²) >= 11 is 1.68. The van der Waals surface area contributed by atoms with Crippen LogP contribution in [0.25, 0.3) is 0 Å². The van der Waals surface area contributed by atoms with Gasteiger partial charge in [-0.1, -0.05) is 13.0 Å². The van der Waals surface area contributed by atoms with E-state index in [1.54, 1.807) is 17.5 Å². The average Bonchev–Trinajstić information content (AvgIpc) is 3.34. The molecule has 4 rings (SSSR count). The van der Waals surface area contributed by atoms with E-state index in [2.05, 4.69) is 44.2 Å². The van der Waals surface area contributed by atoms with E-state index < -0.39 is 0 Å². The van der Waals surface area contributed by atoms with Crippen molar-refractivity contribution in [1.29, 1.82) is 0 Å². The van der Waals surface area contributed by atoms with Crippen LogP contribution in [0, 0.1) is 6.92 Å². The Labute approximate surface area is 175 Å². The van der Waals surface area contributed by atoms with E-state index in [9.17, 15) is 4.79 Å². The van der Waals surface area contributed by atoms with Gasteiger partial charge in [-0.05, 0) is 43.9 Å². The summed E-state index contributed by atoms with van der Waals surface area (Å²) < 4.78 is 0. The number of imidazole rings is 1. The van der Waals surface area contributed by atoms with Crippen LogP contribution in [0.3, 0.4) is 0 Å². The summed E-state index contributed by atoms with van der Waals surface area (Å²) in [6.07, 6.45) is 5.66.